The summed E-state index contributed by atoms with van der Waals surface area (Å²) in [4.78, 5) is 26.9. The Labute approximate surface area is 143 Å². The maximum atomic E-state index is 12.9. The topological polar surface area (TPSA) is 37.4 Å². The number of carbonyl (C=O) groups is 2. The van der Waals surface area contributed by atoms with Crippen LogP contribution in [0.1, 0.15) is 50.6 Å². The maximum absolute atomic E-state index is 12.9. The first-order valence-electron chi connectivity index (χ1n) is 8.54. The van der Waals surface area contributed by atoms with Gasteiger partial charge in [0.15, 0.2) is 0 Å². The molecule has 0 aromatic heterocycles. The average molecular weight is 334 g/mol. The van der Waals surface area contributed by atoms with E-state index in [9.17, 15) is 9.59 Å². The van der Waals surface area contributed by atoms with Crippen molar-refractivity contribution in [2.75, 3.05) is 7.05 Å². The zero-order valence-electron chi connectivity index (χ0n) is 13.8. The number of benzene rings is 1. The minimum Gasteiger partial charge on any atom is -0.339 e. The highest BCUT2D eigenvalue weighted by Gasteiger charge is 2.42. The molecule has 1 amide bonds. The van der Waals surface area contributed by atoms with Crippen molar-refractivity contribution in [3.8, 4) is 0 Å². The molecular formula is C19H24ClNO2. The van der Waals surface area contributed by atoms with E-state index in [2.05, 4.69) is 0 Å². The van der Waals surface area contributed by atoms with E-state index in [4.69, 9.17) is 11.6 Å². The smallest absolute Gasteiger partial charge is 0.225 e. The summed E-state index contributed by atoms with van der Waals surface area (Å²) in [5.74, 6) is 0.766. The fraction of sp³-hybridized carbons (Fsp3) is 0.579. The lowest BCUT2D eigenvalue weighted by Gasteiger charge is -2.39. The van der Waals surface area contributed by atoms with E-state index in [1.807, 2.05) is 38.2 Å². The third-order valence-electron chi connectivity index (χ3n) is 5.68. The number of Topliss-reactive ketones (excluding diaryl/α,β-unsaturated/α-hetero) is 1. The SMILES string of the molecule is CC(c1ccccc1Cl)N(C)C(=O)C1CC2CCCC(C1)C2=O. The summed E-state index contributed by atoms with van der Waals surface area (Å²) < 4.78 is 0. The lowest BCUT2D eigenvalue weighted by Crippen LogP contribution is -2.43. The first-order chi connectivity index (χ1) is 11.0. The molecule has 2 aliphatic rings. The third-order valence-corrected chi connectivity index (χ3v) is 6.03. The van der Waals surface area contributed by atoms with Crippen molar-refractivity contribution in [2.45, 2.75) is 45.1 Å². The molecule has 23 heavy (non-hydrogen) atoms. The van der Waals surface area contributed by atoms with Gasteiger partial charge in [0.1, 0.15) is 5.78 Å². The molecule has 2 saturated carbocycles. The highest BCUT2D eigenvalue weighted by Crippen LogP contribution is 2.41. The number of nitrogens with zero attached hydrogens (tertiary/aromatic N) is 1. The zero-order chi connectivity index (χ0) is 16.6. The molecule has 2 aliphatic carbocycles. The molecule has 0 spiro atoms. The van der Waals surface area contributed by atoms with Gasteiger partial charge in [-0.05, 0) is 44.2 Å². The quantitative estimate of drug-likeness (QED) is 0.829. The Morgan fingerprint density at radius 1 is 1.22 bits per heavy atom. The number of hydrogen-bond acceptors (Lipinski definition) is 2. The first-order valence-corrected chi connectivity index (χ1v) is 8.91. The molecule has 1 aromatic carbocycles. The van der Waals surface area contributed by atoms with E-state index in [-0.39, 0.29) is 29.7 Å². The fourth-order valence-corrected chi connectivity index (χ4v) is 4.48. The van der Waals surface area contributed by atoms with Crippen molar-refractivity contribution in [3.05, 3.63) is 34.9 Å². The molecule has 2 fully saturated rings. The van der Waals surface area contributed by atoms with Crippen molar-refractivity contribution in [2.24, 2.45) is 17.8 Å². The Morgan fingerprint density at radius 2 is 1.83 bits per heavy atom. The van der Waals surface area contributed by atoms with Crippen molar-refractivity contribution < 1.29 is 9.59 Å². The number of carbonyl (C=O) groups excluding carboxylic acids is 2. The first kappa shape index (κ1) is 16.5. The summed E-state index contributed by atoms with van der Waals surface area (Å²) in [7, 11) is 1.85. The van der Waals surface area contributed by atoms with Crippen LogP contribution < -0.4 is 0 Å². The van der Waals surface area contributed by atoms with Crippen LogP contribution in [-0.2, 0) is 9.59 Å². The second-order valence-corrected chi connectivity index (χ2v) is 7.45. The van der Waals surface area contributed by atoms with Gasteiger partial charge in [0.25, 0.3) is 0 Å². The summed E-state index contributed by atoms with van der Waals surface area (Å²) in [6, 6.07) is 7.60. The van der Waals surface area contributed by atoms with Crippen molar-refractivity contribution in [1.29, 1.82) is 0 Å². The van der Waals surface area contributed by atoms with E-state index in [1.54, 1.807) is 4.90 Å². The summed E-state index contributed by atoms with van der Waals surface area (Å²) in [5.41, 5.74) is 0.970. The van der Waals surface area contributed by atoms with Gasteiger partial charge in [0.05, 0.1) is 6.04 Å². The monoisotopic (exact) mass is 333 g/mol. The van der Waals surface area contributed by atoms with E-state index in [0.29, 0.717) is 10.8 Å². The normalized spacial score (nSPS) is 28.3. The Kier molecular flexibility index (Phi) is 4.77. The van der Waals surface area contributed by atoms with Crippen LogP contribution in [-0.4, -0.2) is 23.6 Å². The molecule has 1 aromatic rings. The summed E-state index contributed by atoms with van der Waals surface area (Å²) in [6.07, 6.45) is 4.52. The number of ketones is 1. The Bertz CT molecular complexity index is 599. The van der Waals surface area contributed by atoms with E-state index < -0.39 is 0 Å². The molecule has 2 bridgehead atoms. The van der Waals surface area contributed by atoms with Crippen LogP contribution in [0, 0.1) is 17.8 Å². The Hall–Kier alpha value is -1.35. The van der Waals surface area contributed by atoms with Crippen LogP contribution in [0.4, 0.5) is 0 Å². The molecule has 0 N–H and O–H groups in total. The molecule has 3 unspecified atom stereocenters. The van der Waals surface area contributed by atoms with Gasteiger partial charge in [-0.25, -0.2) is 0 Å². The van der Waals surface area contributed by atoms with Crippen LogP contribution in [0.15, 0.2) is 24.3 Å². The molecule has 0 aliphatic heterocycles. The number of rotatable bonds is 3. The van der Waals surface area contributed by atoms with Gasteiger partial charge in [0, 0.05) is 29.8 Å². The number of fused-ring (bicyclic) bond motifs is 2. The molecule has 124 valence electrons. The highest BCUT2D eigenvalue weighted by atomic mass is 35.5. The Balaban J connectivity index is 1.73. The van der Waals surface area contributed by atoms with Gasteiger partial charge in [-0.2, -0.15) is 0 Å². The molecule has 3 rings (SSSR count). The van der Waals surface area contributed by atoms with Crippen LogP contribution in [0.25, 0.3) is 0 Å². The van der Waals surface area contributed by atoms with E-state index in [0.717, 1.165) is 37.7 Å². The fourth-order valence-electron chi connectivity index (χ4n) is 4.18. The van der Waals surface area contributed by atoms with Gasteiger partial charge in [-0.3, -0.25) is 9.59 Å². The molecule has 3 atom stereocenters. The average Bonchev–Trinajstić information content (AvgIpc) is 2.53. The second kappa shape index (κ2) is 6.64. The Morgan fingerprint density at radius 3 is 2.43 bits per heavy atom. The summed E-state index contributed by atoms with van der Waals surface area (Å²) in [5, 5.41) is 0.690. The lowest BCUT2D eigenvalue weighted by atomic mass is 9.67. The number of halogens is 1. The predicted octanol–water partition coefficient (Wildman–Crippen LogP) is 4.25. The molecule has 0 saturated heterocycles. The standard InChI is InChI=1S/C19H24ClNO2/c1-12(16-8-3-4-9-17(16)20)21(2)19(23)15-10-13-6-5-7-14(11-15)18(13)22/h3-4,8-9,12-15H,5-7,10-11H2,1-2H3. The lowest BCUT2D eigenvalue weighted by molar-refractivity contribution is -0.143. The third kappa shape index (κ3) is 3.16. The predicted molar refractivity (Wildman–Crippen MR) is 91.2 cm³/mol. The van der Waals surface area contributed by atoms with Crippen LogP contribution in [0.2, 0.25) is 5.02 Å². The highest BCUT2D eigenvalue weighted by molar-refractivity contribution is 6.31. The van der Waals surface area contributed by atoms with Crippen LogP contribution in [0.5, 0.6) is 0 Å². The zero-order valence-corrected chi connectivity index (χ0v) is 14.6. The van der Waals surface area contributed by atoms with Crippen molar-refractivity contribution in [3.63, 3.8) is 0 Å². The van der Waals surface area contributed by atoms with Crippen LogP contribution >= 0.6 is 11.6 Å². The second-order valence-electron chi connectivity index (χ2n) is 7.04. The summed E-state index contributed by atoms with van der Waals surface area (Å²) >= 11 is 6.27. The van der Waals surface area contributed by atoms with Crippen molar-refractivity contribution in [1.82, 2.24) is 4.90 Å². The van der Waals surface area contributed by atoms with Gasteiger partial charge in [0.2, 0.25) is 5.91 Å². The number of amides is 1. The van der Waals surface area contributed by atoms with Crippen LogP contribution in [0.3, 0.4) is 0 Å². The van der Waals surface area contributed by atoms with Crippen molar-refractivity contribution >= 4 is 23.3 Å². The largest absolute Gasteiger partial charge is 0.339 e. The minimum absolute atomic E-state index is 0.0158. The summed E-state index contributed by atoms with van der Waals surface area (Å²) in [6.45, 7) is 2.01. The van der Waals surface area contributed by atoms with Gasteiger partial charge in [-0.1, -0.05) is 36.2 Å². The molecule has 0 radical (unpaired) electrons. The van der Waals surface area contributed by atoms with Gasteiger partial charge in [-0.15, -0.1) is 0 Å². The molecule has 4 heteroatoms. The van der Waals surface area contributed by atoms with E-state index >= 15 is 0 Å². The molecule has 3 nitrogen and oxygen atoms in total. The minimum atomic E-state index is -0.0614. The molecule has 0 heterocycles. The van der Waals surface area contributed by atoms with Gasteiger partial charge < -0.3 is 4.90 Å². The maximum Gasteiger partial charge on any atom is 0.225 e. The van der Waals surface area contributed by atoms with Gasteiger partial charge >= 0.3 is 0 Å². The van der Waals surface area contributed by atoms with E-state index in [1.165, 1.54) is 0 Å². The molecular weight excluding hydrogens is 310 g/mol. The number of hydrogen-bond donors (Lipinski definition) is 0.